The van der Waals surface area contributed by atoms with Crippen LogP contribution in [0.5, 0.6) is 0 Å². The van der Waals surface area contributed by atoms with Crippen LogP contribution in [0.15, 0.2) is 0 Å². The van der Waals surface area contributed by atoms with Gasteiger partial charge in [0.2, 0.25) is 11.8 Å². The highest BCUT2D eigenvalue weighted by Crippen LogP contribution is 2.21. The fraction of sp³-hybridized carbons (Fsp3) is 0.846. The van der Waals surface area contributed by atoms with Crippen molar-refractivity contribution < 1.29 is 41.3 Å². The van der Waals surface area contributed by atoms with Crippen LogP contribution in [0.2, 0.25) is 0 Å². The maximum absolute atomic E-state index is 11.7. The largest absolute Gasteiger partial charge is 0.379 e. The molecule has 220 valence electrons. The van der Waals surface area contributed by atoms with Crippen molar-refractivity contribution in [1.82, 2.24) is 10.6 Å². The van der Waals surface area contributed by atoms with E-state index in [0.29, 0.717) is 39.1 Å². The van der Waals surface area contributed by atoms with Crippen LogP contribution in [0.4, 0.5) is 0 Å². The SMILES string of the molecule is CCC(C)(C)C(=O)NCCOCC1CC(=O)CC1=O.CCC(C)(C)C(=O)NCCOCC1CCOS1(=O)=O. The van der Waals surface area contributed by atoms with E-state index in [4.69, 9.17) is 9.47 Å². The molecule has 0 spiro atoms. The van der Waals surface area contributed by atoms with Crippen molar-refractivity contribution >= 4 is 33.5 Å². The Morgan fingerprint density at radius 1 is 0.921 bits per heavy atom. The first-order valence-corrected chi connectivity index (χ1v) is 14.8. The van der Waals surface area contributed by atoms with Crippen molar-refractivity contribution in [2.24, 2.45) is 16.7 Å². The van der Waals surface area contributed by atoms with E-state index in [1.54, 1.807) is 0 Å². The first kappa shape index (κ1) is 34.1. The van der Waals surface area contributed by atoms with Crippen LogP contribution in [0.1, 0.15) is 73.6 Å². The summed E-state index contributed by atoms with van der Waals surface area (Å²) in [4.78, 5) is 45.9. The Labute approximate surface area is 227 Å². The summed E-state index contributed by atoms with van der Waals surface area (Å²) in [5.74, 6) is -0.325. The van der Waals surface area contributed by atoms with Gasteiger partial charge < -0.3 is 20.1 Å². The van der Waals surface area contributed by atoms with Crippen molar-refractivity contribution in [2.75, 3.05) is 46.1 Å². The molecule has 0 radical (unpaired) electrons. The molecule has 2 atom stereocenters. The number of ketones is 2. The van der Waals surface area contributed by atoms with Crippen molar-refractivity contribution in [3.8, 4) is 0 Å². The number of nitrogens with one attached hydrogen (secondary N) is 2. The molecule has 2 unspecified atom stereocenters. The van der Waals surface area contributed by atoms with E-state index in [9.17, 15) is 27.6 Å². The second kappa shape index (κ2) is 15.6. The summed E-state index contributed by atoms with van der Waals surface area (Å²) in [6.07, 6.45) is 2.36. The lowest BCUT2D eigenvalue weighted by molar-refractivity contribution is -0.130. The molecule has 1 saturated heterocycles. The van der Waals surface area contributed by atoms with Crippen molar-refractivity contribution in [1.29, 1.82) is 0 Å². The Hall–Kier alpha value is -1.89. The maximum Gasteiger partial charge on any atom is 0.272 e. The smallest absolute Gasteiger partial charge is 0.272 e. The average Bonchev–Trinajstić information content (AvgIpc) is 3.37. The Bertz CT molecular complexity index is 916. The van der Waals surface area contributed by atoms with E-state index in [1.807, 2.05) is 41.5 Å². The van der Waals surface area contributed by atoms with Gasteiger partial charge in [0.1, 0.15) is 16.8 Å². The molecule has 12 heteroatoms. The molecular weight excluding hydrogens is 516 g/mol. The van der Waals surface area contributed by atoms with Gasteiger partial charge >= 0.3 is 0 Å². The number of carbonyl (C=O) groups excluding carboxylic acids is 4. The molecule has 0 aromatic heterocycles. The number of hydrogen-bond donors (Lipinski definition) is 2. The normalized spacial score (nSPS) is 21.1. The summed E-state index contributed by atoms with van der Waals surface area (Å²) in [5.41, 5.74) is -0.754. The van der Waals surface area contributed by atoms with E-state index < -0.39 is 15.4 Å². The number of amides is 2. The molecule has 11 nitrogen and oxygen atoms in total. The molecule has 38 heavy (non-hydrogen) atoms. The highest BCUT2D eigenvalue weighted by Gasteiger charge is 2.33. The summed E-state index contributed by atoms with van der Waals surface area (Å²) in [5, 5.41) is 5.00. The predicted molar refractivity (Wildman–Crippen MR) is 142 cm³/mol. The standard InChI is InChI=1S/C14H23NO4.C12H23NO5S/c1-4-14(2,3)13(18)15-5-6-19-9-10-7-11(16)8-12(10)17;1-4-12(2,3)11(14)13-6-8-17-9-10-5-7-18-19(10,15)16/h10H,4-9H2,1-3H3,(H,15,18);10H,4-9H2,1-3H3,(H,13,14). The first-order chi connectivity index (χ1) is 17.7. The minimum absolute atomic E-state index is 0.00315. The molecule has 2 N–H and O–H groups in total. The van der Waals surface area contributed by atoms with Crippen LogP contribution >= 0.6 is 0 Å². The summed E-state index contributed by atoms with van der Waals surface area (Å²) in [6.45, 7) is 13.6. The average molecular weight is 563 g/mol. The third-order valence-corrected chi connectivity index (χ3v) is 8.76. The zero-order valence-electron chi connectivity index (χ0n) is 23.7. The van der Waals surface area contributed by atoms with Gasteiger partial charge in [0, 0.05) is 36.3 Å². The van der Waals surface area contributed by atoms with E-state index in [2.05, 4.69) is 14.8 Å². The van der Waals surface area contributed by atoms with Gasteiger partial charge in [0.25, 0.3) is 10.1 Å². The first-order valence-electron chi connectivity index (χ1n) is 13.3. The van der Waals surface area contributed by atoms with Crippen LogP contribution < -0.4 is 10.6 Å². The lowest BCUT2D eigenvalue weighted by Crippen LogP contribution is -2.38. The topological polar surface area (TPSA) is 154 Å². The Morgan fingerprint density at radius 3 is 1.82 bits per heavy atom. The lowest BCUT2D eigenvalue weighted by atomic mass is 9.89. The monoisotopic (exact) mass is 562 g/mol. The molecule has 2 amide bonds. The second-order valence-electron chi connectivity index (χ2n) is 10.9. The lowest BCUT2D eigenvalue weighted by Gasteiger charge is -2.21. The fourth-order valence-electron chi connectivity index (χ4n) is 3.37. The van der Waals surface area contributed by atoms with Gasteiger partial charge in [0.15, 0.2) is 0 Å². The van der Waals surface area contributed by atoms with Crippen LogP contribution in [-0.4, -0.2) is 83.2 Å². The van der Waals surface area contributed by atoms with Crippen LogP contribution in [0.25, 0.3) is 0 Å². The summed E-state index contributed by atoms with van der Waals surface area (Å²) in [6, 6.07) is 0. The molecule has 2 rings (SSSR count). The van der Waals surface area contributed by atoms with Gasteiger partial charge in [-0.1, -0.05) is 41.5 Å². The van der Waals surface area contributed by atoms with Crippen LogP contribution in [-0.2, 0) is 43.0 Å². The second-order valence-corrected chi connectivity index (χ2v) is 12.8. The van der Waals surface area contributed by atoms with Crippen molar-refractivity contribution in [3.63, 3.8) is 0 Å². The number of rotatable bonds is 14. The molecule has 2 fully saturated rings. The number of carbonyl (C=O) groups is 4. The zero-order valence-corrected chi connectivity index (χ0v) is 24.5. The predicted octanol–water partition coefficient (Wildman–Crippen LogP) is 1.78. The molecule has 2 aliphatic rings. The van der Waals surface area contributed by atoms with E-state index in [1.165, 1.54) is 0 Å². The van der Waals surface area contributed by atoms with E-state index >= 15 is 0 Å². The molecule has 1 aliphatic carbocycles. The fourth-order valence-corrected chi connectivity index (χ4v) is 4.54. The zero-order chi connectivity index (χ0) is 29.0. The van der Waals surface area contributed by atoms with Crippen molar-refractivity contribution in [2.45, 2.75) is 78.9 Å². The Balaban J connectivity index is 0.000000380. The molecular formula is C26H46N2O9S. The Kier molecular flexibility index (Phi) is 14.0. The molecule has 1 heterocycles. The summed E-state index contributed by atoms with van der Waals surface area (Å²) in [7, 11) is -3.43. The van der Waals surface area contributed by atoms with Gasteiger partial charge in [0.05, 0.1) is 39.5 Å². The third kappa shape index (κ3) is 11.5. The molecule has 0 aromatic rings. The highest BCUT2D eigenvalue weighted by atomic mass is 32.2. The van der Waals surface area contributed by atoms with Crippen molar-refractivity contribution in [3.05, 3.63) is 0 Å². The van der Waals surface area contributed by atoms with Gasteiger partial charge in [-0.05, 0) is 19.3 Å². The highest BCUT2D eigenvalue weighted by molar-refractivity contribution is 7.87. The molecule has 1 aliphatic heterocycles. The third-order valence-electron chi connectivity index (χ3n) is 7.08. The number of Topliss-reactive ketones (excluding diaryl/α,β-unsaturated/α-hetero) is 2. The van der Waals surface area contributed by atoms with E-state index in [0.717, 1.165) is 12.8 Å². The summed E-state index contributed by atoms with van der Waals surface area (Å²) < 4.78 is 37.9. The van der Waals surface area contributed by atoms with Crippen LogP contribution in [0.3, 0.4) is 0 Å². The van der Waals surface area contributed by atoms with Gasteiger partial charge in [-0.2, -0.15) is 8.42 Å². The minimum Gasteiger partial charge on any atom is -0.379 e. The van der Waals surface area contributed by atoms with Gasteiger partial charge in [-0.25, -0.2) is 0 Å². The molecule has 1 saturated carbocycles. The quantitative estimate of drug-likeness (QED) is 0.183. The summed E-state index contributed by atoms with van der Waals surface area (Å²) >= 11 is 0. The van der Waals surface area contributed by atoms with Crippen LogP contribution in [0, 0.1) is 16.7 Å². The van der Waals surface area contributed by atoms with Gasteiger partial charge in [-0.3, -0.25) is 23.4 Å². The van der Waals surface area contributed by atoms with Gasteiger partial charge in [-0.15, -0.1) is 0 Å². The Morgan fingerprint density at radius 2 is 1.42 bits per heavy atom. The number of ether oxygens (including phenoxy) is 2. The van der Waals surface area contributed by atoms with E-state index in [-0.39, 0.29) is 66.4 Å². The maximum atomic E-state index is 11.7. The molecule has 0 bridgehead atoms. The number of hydrogen-bond acceptors (Lipinski definition) is 9. The molecule has 0 aromatic carbocycles. The minimum atomic E-state index is -3.43.